The van der Waals surface area contributed by atoms with Gasteiger partial charge in [0.05, 0.1) is 5.54 Å². The third kappa shape index (κ3) is 2.82. The highest BCUT2D eigenvalue weighted by atomic mass is 15.3. The van der Waals surface area contributed by atoms with Gasteiger partial charge < -0.3 is 15.5 Å². The Morgan fingerprint density at radius 2 is 1.90 bits per heavy atom. The van der Waals surface area contributed by atoms with Gasteiger partial charge in [-0.15, -0.1) is 0 Å². The van der Waals surface area contributed by atoms with E-state index in [2.05, 4.69) is 41.0 Å². The van der Waals surface area contributed by atoms with Gasteiger partial charge >= 0.3 is 0 Å². The molecule has 0 aromatic heterocycles. The summed E-state index contributed by atoms with van der Waals surface area (Å²) in [4.78, 5) is 5.25. The standard InChI is InChI=1S/C18H29N3/c1-2-11-20-13-9-18(15-19,10-14-20)21-12-5-7-16-6-3-4-8-17(16)21/h3-4,6,8H,2,5,7,9-15,19H2,1H3. The molecule has 0 saturated carbocycles. The van der Waals surface area contributed by atoms with Gasteiger partial charge in [-0.2, -0.15) is 0 Å². The fraction of sp³-hybridized carbons (Fsp3) is 0.667. The van der Waals surface area contributed by atoms with Gasteiger partial charge in [-0.25, -0.2) is 0 Å². The van der Waals surface area contributed by atoms with Crippen molar-refractivity contribution in [3.8, 4) is 0 Å². The summed E-state index contributed by atoms with van der Waals surface area (Å²) in [5.74, 6) is 0. The molecule has 3 rings (SSSR count). The van der Waals surface area contributed by atoms with E-state index < -0.39 is 0 Å². The molecule has 0 aliphatic carbocycles. The molecule has 1 aromatic carbocycles. The molecule has 21 heavy (non-hydrogen) atoms. The van der Waals surface area contributed by atoms with Crippen molar-refractivity contribution >= 4 is 5.69 Å². The number of benzene rings is 1. The SMILES string of the molecule is CCCN1CCC(CN)(N2CCCc3ccccc32)CC1. The average molecular weight is 287 g/mol. The van der Waals surface area contributed by atoms with Crippen molar-refractivity contribution in [1.82, 2.24) is 4.90 Å². The van der Waals surface area contributed by atoms with Crippen molar-refractivity contribution < 1.29 is 0 Å². The summed E-state index contributed by atoms with van der Waals surface area (Å²) in [6, 6.07) is 8.93. The fourth-order valence-corrected chi connectivity index (χ4v) is 4.12. The topological polar surface area (TPSA) is 32.5 Å². The minimum atomic E-state index is 0.181. The summed E-state index contributed by atoms with van der Waals surface area (Å²) in [7, 11) is 0. The summed E-state index contributed by atoms with van der Waals surface area (Å²) < 4.78 is 0. The van der Waals surface area contributed by atoms with Gasteiger partial charge in [0, 0.05) is 31.9 Å². The smallest absolute Gasteiger partial charge is 0.0548 e. The molecule has 1 fully saturated rings. The van der Waals surface area contributed by atoms with Gasteiger partial charge in [0.2, 0.25) is 0 Å². The molecule has 1 aromatic rings. The van der Waals surface area contributed by atoms with Crippen LogP contribution in [0.1, 0.15) is 38.2 Å². The van der Waals surface area contributed by atoms with Gasteiger partial charge in [-0.3, -0.25) is 0 Å². The summed E-state index contributed by atoms with van der Waals surface area (Å²) in [5.41, 5.74) is 9.42. The van der Waals surface area contributed by atoms with E-state index in [-0.39, 0.29) is 5.54 Å². The maximum absolute atomic E-state index is 6.29. The van der Waals surface area contributed by atoms with Crippen LogP contribution >= 0.6 is 0 Å². The summed E-state index contributed by atoms with van der Waals surface area (Å²) in [6.07, 6.45) is 6.14. The second-order valence-corrected chi connectivity index (χ2v) is 6.65. The molecular formula is C18H29N3. The van der Waals surface area contributed by atoms with E-state index in [0.717, 1.165) is 6.54 Å². The Balaban J connectivity index is 1.81. The molecule has 0 unspecified atom stereocenters. The zero-order valence-corrected chi connectivity index (χ0v) is 13.4. The van der Waals surface area contributed by atoms with E-state index in [0.29, 0.717) is 0 Å². The second kappa shape index (κ2) is 6.37. The first-order valence-corrected chi connectivity index (χ1v) is 8.57. The van der Waals surface area contributed by atoms with Gasteiger partial charge in [0.15, 0.2) is 0 Å². The Morgan fingerprint density at radius 3 is 2.62 bits per heavy atom. The van der Waals surface area contributed by atoms with E-state index in [1.165, 1.54) is 69.5 Å². The predicted molar refractivity (Wildman–Crippen MR) is 89.9 cm³/mol. The number of hydrogen-bond acceptors (Lipinski definition) is 3. The normalized spacial score (nSPS) is 22.1. The number of likely N-dealkylation sites (tertiary alicyclic amines) is 1. The van der Waals surface area contributed by atoms with Crippen LogP contribution in [0.3, 0.4) is 0 Å². The molecule has 0 amide bonds. The lowest BCUT2D eigenvalue weighted by atomic mass is 9.83. The first-order chi connectivity index (χ1) is 10.3. The van der Waals surface area contributed by atoms with Crippen LogP contribution in [0.2, 0.25) is 0 Å². The van der Waals surface area contributed by atoms with Crippen molar-refractivity contribution in [2.45, 2.75) is 44.6 Å². The van der Waals surface area contributed by atoms with Crippen molar-refractivity contribution in [2.24, 2.45) is 5.73 Å². The summed E-state index contributed by atoms with van der Waals surface area (Å²) in [5, 5.41) is 0. The number of aryl methyl sites for hydroxylation is 1. The molecule has 0 radical (unpaired) electrons. The minimum absolute atomic E-state index is 0.181. The summed E-state index contributed by atoms with van der Waals surface area (Å²) in [6.45, 7) is 7.85. The molecule has 0 spiro atoms. The van der Waals surface area contributed by atoms with Crippen LogP contribution in [0.25, 0.3) is 0 Å². The van der Waals surface area contributed by atoms with Gasteiger partial charge in [-0.05, 0) is 50.3 Å². The largest absolute Gasteiger partial charge is 0.364 e. The molecule has 2 heterocycles. The molecule has 0 bridgehead atoms. The van der Waals surface area contributed by atoms with Crippen LogP contribution in [0, 0.1) is 0 Å². The Hall–Kier alpha value is -1.06. The molecule has 116 valence electrons. The predicted octanol–water partition coefficient (Wildman–Crippen LogP) is 2.64. The van der Waals surface area contributed by atoms with E-state index in [1.54, 1.807) is 0 Å². The number of para-hydroxylation sites is 1. The molecule has 0 atom stereocenters. The van der Waals surface area contributed by atoms with Gasteiger partial charge in [0.1, 0.15) is 0 Å². The van der Waals surface area contributed by atoms with E-state index >= 15 is 0 Å². The number of rotatable bonds is 4. The summed E-state index contributed by atoms with van der Waals surface area (Å²) >= 11 is 0. The Bertz CT molecular complexity index is 463. The lowest BCUT2D eigenvalue weighted by Crippen LogP contribution is -2.60. The second-order valence-electron chi connectivity index (χ2n) is 6.65. The lowest BCUT2D eigenvalue weighted by molar-refractivity contribution is 0.157. The van der Waals surface area contributed by atoms with Gasteiger partial charge in [0.25, 0.3) is 0 Å². The van der Waals surface area contributed by atoms with Crippen molar-refractivity contribution in [3.63, 3.8) is 0 Å². The van der Waals surface area contributed by atoms with Crippen molar-refractivity contribution in [2.75, 3.05) is 37.6 Å². The van der Waals surface area contributed by atoms with Crippen LogP contribution in [-0.4, -0.2) is 43.2 Å². The lowest BCUT2D eigenvalue weighted by Gasteiger charge is -2.51. The van der Waals surface area contributed by atoms with Crippen LogP contribution in [-0.2, 0) is 6.42 Å². The Morgan fingerprint density at radius 1 is 1.14 bits per heavy atom. The van der Waals surface area contributed by atoms with Crippen LogP contribution < -0.4 is 10.6 Å². The number of anilines is 1. The van der Waals surface area contributed by atoms with Crippen LogP contribution in [0.4, 0.5) is 5.69 Å². The van der Waals surface area contributed by atoms with Crippen molar-refractivity contribution in [3.05, 3.63) is 29.8 Å². The zero-order chi connectivity index (χ0) is 14.7. The maximum atomic E-state index is 6.29. The van der Waals surface area contributed by atoms with E-state index in [9.17, 15) is 0 Å². The van der Waals surface area contributed by atoms with E-state index in [1.807, 2.05) is 0 Å². The quantitative estimate of drug-likeness (QED) is 0.924. The molecule has 2 N–H and O–H groups in total. The highest BCUT2D eigenvalue weighted by molar-refractivity contribution is 5.57. The number of nitrogens with zero attached hydrogens (tertiary/aromatic N) is 2. The number of fused-ring (bicyclic) bond motifs is 1. The highest BCUT2D eigenvalue weighted by Crippen LogP contribution is 2.37. The third-order valence-corrected chi connectivity index (χ3v) is 5.39. The first kappa shape index (κ1) is 14.9. The third-order valence-electron chi connectivity index (χ3n) is 5.39. The highest BCUT2D eigenvalue weighted by Gasteiger charge is 2.40. The average Bonchev–Trinajstić information content (AvgIpc) is 2.56. The van der Waals surface area contributed by atoms with Gasteiger partial charge in [-0.1, -0.05) is 25.1 Å². The molecule has 2 aliphatic rings. The zero-order valence-electron chi connectivity index (χ0n) is 13.4. The molecule has 3 nitrogen and oxygen atoms in total. The molecule has 1 saturated heterocycles. The van der Waals surface area contributed by atoms with Crippen molar-refractivity contribution in [1.29, 1.82) is 0 Å². The molecule has 2 aliphatic heterocycles. The monoisotopic (exact) mass is 287 g/mol. The minimum Gasteiger partial charge on any atom is -0.364 e. The fourth-order valence-electron chi connectivity index (χ4n) is 4.12. The Labute approximate surface area is 129 Å². The Kier molecular flexibility index (Phi) is 4.51. The maximum Gasteiger partial charge on any atom is 0.0548 e. The van der Waals surface area contributed by atoms with Crippen LogP contribution in [0.15, 0.2) is 24.3 Å². The molecular weight excluding hydrogens is 258 g/mol. The van der Waals surface area contributed by atoms with E-state index in [4.69, 9.17) is 5.73 Å². The van der Waals surface area contributed by atoms with Crippen LogP contribution in [0.5, 0.6) is 0 Å². The number of piperidine rings is 1. The molecule has 3 heteroatoms. The number of hydrogen-bond donors (Lipinski definition) is 1. The number of nitrogens with two attached hydrogens (primary N) is 1. The first-order valence-electron chi connectivity index (χ1n) is 8.57.